The molecule has 0 saturated carbocycles. The molecule has 19 heavy (non-hydrogen) atoms. The van der Waals surface area contributed by atoms with Crippen LogP contribution in [0.15, 0.2) is 24.3 Å². The summed E-state index contributed by atoms with van der Waals surface area (Å²) in [6, 6.07) is 6.44. The average Bonchev–Trinajstić information content (AvgIpc) is 2.35. The fraction of sp³-hybridized carbons (Fsp3) is 0.333. The fourth-order valence-electron chi connectivity index (χ4n) is 1.21. The summed E-state index contributed by atoms with van der Waals surface area (Å²) in [6.07, 6.45) is 0. The monoisotopic (exact) mass is 286 g/mol. The maximum atomic E-state index is 11.4. The summed E-state index contributed by atoms with van der Waals surface area (Å²) in [6.45, 7) is 0.918. The van der Waals surface area contributed by atoms with Gasteiger partial charge >= 0.3 is 12.0 Å². The Balaban J connectivity index is 2.41. The van der Waals surface area contributed by atoms with Gasteiger partial charge in [-0.25, -0.2) is 9.59 Å². The van der Waals surface area contributed by atoms with Crippen molar-refractivity contribution in [3.05, 3.63) is 34.9 Å². The van der Waals surface area contributed by atoms with Crippen molar-refractivity contribution in [3.63, 3.8) is 0 Å². The number of aliphatic hydroxyl groups is 1. The van der Waals surface area contributed by atoms with Crippen LogP contribution in [0.5, 0.6) is 0 Å². The Kier molecular flexibility index (Phi) is 5.14. The molecule has 1 aromatic carbocycles. The molecule has 0 bridgehead atoms. The Labute approximate surface area is 115 Å². The molecule has 0 heterocycles. The predicted molar refractivity (Wildman–Crippen MR) is 70.0 cm³/mol. The topological polar surface area (TPSA) is 98.7 Å². The predicted octanol–water partition coefficient (Wildman–Crippen LogP) is 0.975. The van der Waals surface area contributed by atoms with Gasteiger partial charge in [-0.2, -0.15) is 0 Å². The molecule has 4 N–H and O–H groups in total. The van der Waals surface area contributed by atoms with Crippen LogP contribution in [0.3, 0.4) is 0 Å². The standard InChI is InChI=1S/C12H15ClN2O4/c1-12(19,10(16)17)7-15-11(18)14-6-8-4-2-3-5-9(8)13/h2-5,19H,6-7H2,1H3,(H,16,17)(H2,14,15,18). The van der Waals surface area contributed by atoms with Crippen molar-refractivity contribution < 1.29 is 19.8 Å². The summed E-state index contributed by atoms with van der Waals surface area (Å²) in [5.74, 6) is -1.40. The molecule has 0 radical (unpaired) electrons. The molecule has 0 aromatic heterocycles. The summed E-state index contributed by atoms with van der Waals surface area (Å²) in [4.78, 5) is 22.0. The number of carbonyl (C=O) groups excluding carboxylic acids is 1. The molecule has 1 atom stereocenters. The molecule has 1 unspecified atom stereocenters. The van der Waals surface area contributed by atoms with E-state index in [-0.39, 0.29) is 6.54 Å². The first-order valence-electron chi connectivity index (χ1n) is 5.54. The second-order valence-electron chi connectivity index (χ2n) is 4.21. The molecule has 0 fully saturated rings. The normalized spacial score (nSPS) is 13.4. The first-order chi connectivity index (χ1) is 8.83. The third-order valence-electron chi connectivity index (χ3n) is 2.45. The van der Waals surface area contributed by atoms with Crippen LogP contribution >= 0.6 is 11.6 Å². The Morgan fingerprint density at radius 1 is 1.32 bits per heavy atom. The number of hydrogen-bond donors (Lipinski definition) is 4. The summed E-state index contributed by atoms with van der Waals surface area (Å²) in [5, 5.41) is 23.4. The number of hydrogen-bond acceptors (Lipinski definition) is 3. The van der Waals surface area contributed by atoms with Crippen molar-refractivity contribution >= 4 is 23.6 Å². The molecular weight excluding hydrogens is 272 g/mol. The van der Waals surface area contributed by atoms with Gasteiger partial charge < -0.3 is 20.8 Å². The van der Waals surface area contributed by atoms with E-state index in [0.29, 0.717) is 5.02 Å². The number of halogens is 1. The highest BCUT2D eigenvalue weighted by molar-refractivity contribution is 6.31. The summed E-state index contributed by atoms with van der Waals surface area (Å²) < 4.78 is 0. The van der Waals surface area contributed by atoms with Crippen LogP contribution in [-0.2, 0) is 11.3 Å². The van der Waals surface area contributed by atoms with Gasteiger partial charge in [0.15, 0.2) is 5.60 Å². The number of carbonyl (C=O) groups is 2. The van der Waals surface area contributed by atoms with Gasteiger partial charge in [0.2, 0.25) is 0 Å². The number of amides is 2. The second-order valence-corrected chi connectivity index (χ2v) is 4.61. The Hall–Kier alpha value is -1.79. The number of nitrogens with one attached hydrogen (secondary N) is 2. The lowest BCUT2D eigenvalue weighted by Crippen LogP contribution is -2.49. The van der Waals surface area contributed by atoms with E-state index in [1.54, 1.807) is 24.3 Å². The van der Waals surface area contributed by atoms with Crippen LogP contribution in [0, 0.1) is 0 Å². The van der Waals surface area contributed by atoms with Gasteiger partial charge in [-0.1, -0.05) is 29.8 Å². The first kappa shape index (κ1) is 15.3. The molecular formula is C12H15ClN2O4. The van der Waals surface area contributed by atoms with Crippen molar-refractivity contribution in [2.24, 2.45) is 0 Å². The molecule has 0 spiro atoms. The lowest BCUT2D eigenvalue weighted by Gasteiger charge is -2.18. The second kappa shape index (κ2) is 6.40. The quantitative estimate of drug-likeness (QED) is 0.648. The summed E-state index contributed by atoms with van der Waals surface area (Å²) in [7, 11) is 0. The minimum atomic E-state index is -2.00. The van der Waals surface area contributed by atoms with E-state index in [1.165, 1.54) is 0 Å². The van der Waals surface area contributed by atoms with Gasteiger partial charge in [-0.3, -0.25) is 0 Å². The third kappa shape index (κ3) is 4.76. The van der Waals surface area contributed by atoms with E-state index in [1.807, 2.05) is 0 Å². The van der Waals surface area contributed by atoms with Crippen LogP contribution in [-0.4, -0.2) is 34.4 Å². The molecule has 0 aliphatic rings. The lowest BCUT2D eigenvalue weighted by molar-refractivity contribution is -0.155. The molecule has 1 rings (SSSR count). The maximum Gasteiger partial charge on any atom is 0.337 e. The van der Waals surface area contributed by atoms with Crippen LogP contribution in [0.25, 0.3) is 0 Å². The highest BCUT2D eigenvalue weighted by Crippen LogP contribution is 2.14. The van der Waals surface area contributed by atoms with E-state index in [0.717, 1.165) is 12.5 Å². The van der Waals surface area contributed by atoms with Gasteiger partial charge in [-0.05, 0) is 18.6 Å². The highest BCUT2D eigenvalue weighted by Gasteiger charge is 2.30. The molecule has 6 nitrogen and oxygen atoms in total. The van der Waals surface area contributed by atoms with Crippen LogP contribution in [0.2, 0.25) is 5.02 Å². The minimum Gasteiger partial charge on any atom is -0.479 e. The minimum absolute atomic E-state index is 0.209. The van der Waals surface area contributed by atoms with E-state index in [2.05, 4.69) is 10.6 Å². The number of carboxylic acid groups (broad SMARTS) is 1. The van der Waals surface area contributed by atoms with E-state index >= 15 is 0 Å². The van der Waals surface area contributed by atoms with Crippen LogP contribution in [0.4, 0.5) is 4.79 Å². The molecule has 0 saturated heterocycles. The molecule has 7 heteroatoms. The van der Waals surface area contributed by atoms with Crippen molar-refractivity contribution in [2.45, 2.75) is 19.1 Å². The third-order valence-corrected chi connectivity index (χ3v) is 2.82. The largest absolute Gasteiger partial charge is 0.479 e. The molecule has 1 aromatic rings. The summed E-state index contributed by atoms with van der Waals surface area (Å²) >= 11 is 5.91. The molecule has 104 valence electrons. The SMILES string of the molecule is CC(O)(CNC(=O)NCc1ccccc1Cl)C(=O)O. The smallest absolute Gasteiger partial charge is 0.337 e. The number of carboxylic acids is 1. The van der Waals surface area contributed by atoms with Gasteiger partial charge in [0.05, 0.1) is 6.54 Å². The average molecular weight is 287 g/mol. The zero-order chi connectivity index (χ0) is 14.5. The Bertz CT molecular complexity index is 477. The van der Waals surface area contributed by atoms with E-state index in [9.17, 15) is 14.7 Å². The zero-order valence-electron chi connectivity index (χ0n) is 10.3. The number of urea groups is 1. The van der Waals surface area contributed by atoms with Crippen LogP contribution < -0.4 is 10.6 Å². The maximum absolute atomic E-state index is 11.4. The molecule has 2 amide bonds. The van der Waals surface area contributed by atoms with Crippen molar-refractivity contribution in [1.29, 1.82) is 0 Å². The van der Waals surface area contributed by atoms with Crippen molar-refractivity contribution in [1.82, 2.24) is 10.6 Å². The summed E-state index contributed by atoms with van der Waals surface area (Å²) in [5.41, 5.74) is -1.26. The Morgan fingerprint density at radius 3 is 2.53 bits per heavy atom. The van der Waals surface area contributed by atoms with E-state index in [4.69, 9.17) is 16.7 Å². The fourth-order valence-corrected chi connectivity index (χ4v) is 1.41. The van der Waals surface area contributed by atoms with E-state index < -0.39 is 24.1 Å². The van der Waals surface area contributed by atoms with Crippen molar-refractivity contribution in [2.75, 3.05) is 6.54 Å². The van der Waals surface area contributed by atoms with Crippen LogP contribution in [0.1, 0.15) is 12.5 Å². The zero-order valence-corrected chi connectivity index (χ0v) is 11.1. The number of aliphatic carboxylic acids is 1. The first-order valence-corrected chi connectivity index (χ1v) is 5.91. The van der Waals surface area contributed by atoms with Crippen molar-refractivity contribution in [3.8, 4) is 0 Å². The van der Waals surface area contributed by atoms with Gasteiger partial charge in [-0.15, -0.1) is 0 Å². The van der Waals surface area contributed by atoms with Gasteiger partial charge in [0.25, 0.3) is 0 Å². The number of rotatable bonds is 5. The number of benzene rings is 1. The highest BCUT2D eigenvalue weighted by atomic mass is 35.5. The van der Waals surface area contributed by atoms with Gasteiger partial charge in [0, 0.05) is 11.6 Å². The lowest BCUT2D eigenvalue weighted by atomic mass is 10.1. The molecule has 0 aliphatic heterocycles. The Morgan fingerprint density at radius 2 is 1.95 bits per heavy atom. The molecule has 0 aliphatic carbocycles. The van der Waals surface area contributed by atoms with Gasteiger partial charge in [0.1, 0.15) is 0 Å².